The molecule has 3 aromatic rings. The monoisotopic (exact) mass is 408 g/mol. The highest BCUT2D eigenvalue weighted by atomic mass is 32.1. The van der Waals surface area contributed by atoms with E-state index >= 15 is 0 Å². The number of fused-ring (bicyclic) bond motifs is 6. The number of hydrogen-bond acceptors (Lipinski definition) is 5. The molecule has 0 spiro atoms. The Kier molecular flexibility index (Phi) is 3.71. The van der Waals surface area contributed by atoms with E-state index < -0.39 is 12.8 Å². The van der Waals surface area contributed by atoms with Crippen molar-refractivity contribution >= 4 is 28.3 Å². The summed E-state index contributed by atoms with van der Waals surface area (Å²) in [5.41, 5.74) is 1.98. The molecule has 28 heavy (non-hydrogen) atoms. The van der Waals surface area contributed by atoms with Crippen LogP contribution in [0.3, 0.4) is 0 Å². The number of aromatic nitrogens is 3. The van der Waals surface area contributed by atoms with Crippen LogP contribution in [0, 0.1) is 5.92 Å². The molecule has 0 saturated heterocycles. The third-order valence-corrected chi connectivity index (χ3v) is 6.24. The predicted molar refractivity (Wildman–Crippen MR) is 95.2 cm³/mol. The zero-order chi connectivity index (χ0) is 19.6. The first-order valence-corrected chi connectivity index (χ1v) is 9.57. The van der Waals surface area contributed by atoms with Crippen LogP contribution in [0.15, 0.2) is 30.5 Å². The number of rotatable bonds is 5. The van der Waals surface area contributed by atoms with Crippen molar-refractivity contribution in [2.75, 3.05) is 6.61 Å². The van der Waals surface area contributed by atoms with Gasteiger partial charge in [-0.25, -0.2) is 9.97 Å². The van der Waals surface area contributed by atoms with Gasteiger partial charge in [-0.2, -0.15) is 13.2 Å². The summed E-state index contributed by atoms with van der Waals surface area (Å²) in [5, 5.41) is 2.87. The number of ether oxygens (including phenoxy) is 1. The summed E-state index contributed by atoms with van der Waals surface area (Å²) in [5.74, 6) is 0.859. The van der Waals surface area contributed by atoms with Crippen LogP contribution in [0.5, 0.6) is 5.19 Å². The van der Waals surface area contributed by atoms with Crippen LogP contribution in [-0.2, 0) is 4.79 Å². The quantitative estimate of drug-likeness (QED) is 0.701. The number of benzene rings is 1. The molecule has 2 aromatic heterocycles. The van der Waals surface area contributed by atoms with E-state index in [0.717, 1.165) is 28.2 Å². The molecule has 1 saturated carbocycles. The van der Waals surface area contributed by atoms with E-state index in [1.165, 1.54) is 6.20 Å². The lowest BCUT2D eigenvalue weighted by Crippen LogP contribution is -2.28. The molecular formula is C18H15F3N4O2S. The molecule has 1 aromatic carbocycles. The molecule has 6 nitrogen and oxygen atoms in total. The molecule has 1 amide bonds. The first-order chi connectivity index (χ1) is 13.3. The molecule has 5 rings (SSSR count). The van der Waals surface area contributed by atoms with Gasteiger partial charge in [0.15, 0.2) is 6.61 Å². The number of amides is 1. The average Bonchev–Trinajstić information content (AvgIpc) is 2.95. The Morgan fingerprint density at radius 2 is 2.18 bits per heavy atom. The van der Waals surface area contributed by atoms with Crippen LogP contribution in [0.2, 0.25) is 0 Å². The summed E-state index contributed by atoms with van der Waals surface area (Å²) in [7, 11) is 0. The molecule has 3 heterocycles. The van der Waals surface area contributed by atoms with E-state index in [2.05, 4.69) is 24.6 Å². The van der Waals surface area contributed by atoms with Crippen LogP contribution < -0.4 is 10.1 Å². The van der Waals surface area contributed by atoms with Gasteiger partial charge in [-0.05, 0) is 19.1 Å². The van der Waals surface area contributed by atoms with E-state index in [9.17, 15) is 18.0 Å². The minimum Gasteiger partial charge on any atom is -0.460 e. The van der Waals surface area contributed by atoms with Crippen LogP contribution in [0.4, 0.5) is 13.2 Å². The van der Waals surface area contributed by atoms with Crippen LogP contribution in [0.25, 0.3) is 11.0 Å². The van der Waals surface area contributed by atoms with Crippen molar-refractivity contribution < 1.29 is 22.7 Å². The van der Waals surface area contributed by atoms with Crippen molar-refractivity contribution in [1.29, 1.82) is 0 Å². The summed E-state index contributed by atoms with van der Waals surface area (Å²) in [6.45, 7) is 0.392. The van der Waals surface area contributed by atoms with Gasteiger partial charge in [-0.15, -0.1) is 0 Å². The first-order valence-electron chi connectivity index (χ1n) is 8.76. The second kappa shape index (κ2) is 5.94. The van der Waals surface area contributed by atoms with Gasteiger partial charge < -0.3 is 14.6 Å². The maximum atomic E-state index is 12.7. The predicted octanol–water partition coefficient (Wildman–Crippen LogP) is 3.58. The number of thiazole rings is 1. The number of carbonyl (C=O) groups is 1. The van der Waals surface area contributed by atoms with Gasteiger partial charge >= 0.3 is 6.18 Å². The minimum atomic E-state index is -4.41. The Bertz CT molecular complexity index is 1080. The van der Waals surface area contributed by atoms with E-state index in [1.807, 2.05) is 24.3 Å². The van der Waals surface area contributed by atoms with Gasteiger partial charge in [0, 0.05) is 6.20 Å². The second-order valence-electron chi connectivity index (χ2n) is 7.03. The van der Waals surface area contributed by atoms with Gasteiger partial charge in [0.2, 0.25) is 5.91 Å². The lowest BCUT2D eigenvalue weighted by atomic mass is 10.2. The highest BCUT2D eigenvalue weighted by Crippen LogP contribution is 2.66. The van der Waals surface area contributed by atoms with Crippen molar-refractivity contribution in [3.05, 3.63) is 41.2 Å². The second-order valence-corrected chi connectivity index (χ2v) is 8.06. The zero-order valence-corrected chi connectivity index (χ0v) is 15.4. The number of halogens is 3. The number of nitrogens with zero attached hydrogens (tertiary/aromatic N) is 3. The average molecular weight is 408 g/mol. The van der Waals surface area contributed by atoms with Crippen LogP contribution in [0.1, 0.15) is 35.6 Å². The molecule has 146 valence electrons. The van der Waals surface area contributed by atoms with Gasteiger partial charge in [-0.1, -0.05) is 23.5 Å². The lowest BCUT2D eigenvalue weighted by molar-refractivity contribution is -0.153. The fourth-order valence-electron chi connectivity index (χ4n) is 3.84. The number of alkyl halides is 3. The van der Waals surface area contributed by atoms with Gasteiger partial charge in [0.25, 0.3) is 5.19 Å². The maximum Gasteiger partial charge on any atom is 0.422 e. The molecule has 3 unspecified atom stereocenters. The molecule has 1 aliphatic carbocycles. The summed E-state index contributed by atoms with van der Waals surface area (Å²) >= 11 is 0.998. The number of imidazole rings is 1. The molecular weight excluding hydrogens is 393 g/mol. The van der Waals surface area contributed by atoms with Crippen molar-refractivity contribution in [3.63, 3.8) is 0 Å². The van der Waals surface area contributed by atoms with Crippen molar-refractivity contribution in [3.8, 4) is 5.19 Å². The van der Waals surface area contributed by atoms with Gasteiger partial charge in [-0.3, -0.25) is 4.79 Å². The summed E-state index contributed by atoms with van der Waals surface area (Å²) in [6, 6.07) is 7.62. The smallest absolute Gasteiger partial charge is 0.422 e. The highest BCUT2D eigenvalue weighted by Gasteiger charge is 2.66. The Labute approximate surface area is 161 Å². The van der Waals surface area contributed by atoms with E-state index in [4.69, 9.17) is 0 Å². The number of para-hydroxylation sites is 2. The fourth-order valence-corrected chi connectivity index (χ4v) is 4.60. The van der Waals surface area contributed by atoms with E-state index in [-0.39, 0.29) is 35.0 Å². The zero-order valence-electron chi connectivity index (χ0n) is 14.6. The minimum absolute atomic E-state index is 0.0634. The van der Waals surface area contributed by atoms with E-state index in [0.29, 0.717) is 4.88 Å². The highest BCUT2D eigenvalue weighted by molar-refractivity contribution is 7.13. The molecule has 2 aliphatic rings. The molecule has 0 bridgehead atoms. The van der Waals surface area contributed by atoms with Gasteiger partial charge in [0.1, 0.15) is 5.82 Å². The number of nitrogens with one attached hydrogen (secondary N) is 1. The summed E-state index contributed by atoms with van der Waals surface area (Å²) < 4.78 is 43.4. The van der Waals surface area contributed by atoms with E-state index in [1.54, 1.807) is 6.92 Å². The molecule has 0 radical (unpaired) electrons. The third kappa shape index (κ3) is 2.74. The normalized spacial score (nSPS) is 23.5. The largest absolute Gasteiger partial charge is 0.460 e. The Balaban J connectivity index is 1.22. The molecule has 1 fully saturated rings. The van der Waals surface area contributed by atoms with Gasteiger partial charge in [0.05, 0.1) is 39.8 Å². The molecule has 4 atom stereocenters. The van der Waals surface area contributed by atoms with Crippen LogP contribution in [-0.4, -0.2) is 33.2 Å². The number of carbonyl (C=O) groups excluding carboxylic acids is 1. The maximum absolute atomic E-state index is 12.7. The van der Waals surface area contributed by atoms with Crippen molar-refractivity contribution in [2.24, 2.45) is 5.92 Å². The topological polar surface area (TPSA) is 69.0 Å². The first kappa shape index (κ1) is 17.5. The summed E-state index contributed by atoms with van der Waals surface area (Å²) in [4.78, 5) is 21.8. The Morgan fingerprint density at radius 1 is 1.39 bits per heavy atom. The van der Waals surface area contributed by atoms with Crippen LogP contribution >= 0.6 is 11.3 Å². The Hall–Kier alpha value is -2.62. The molecule has 10 heteroatoms. The van der Waals surface area contributed by atoms with Crippen molar-refractivity contribution in [1.82, 2.24) is 19.9 Å². The molecule has 1 N–H and O–H groups in total. The lowest BCUT2D eigenvalue weighted by Gasteiger charge is -2.14. The Morgan fingerprint density at radius 3 is 2.96 bits per heavy atom. The molecule has 1 aliphatic heterocycles. The summed E-state index contributed by atoms with van der Waals surface area (Å²) in [6.07, 6.45) is -2.98. The van der Waals surface area contributed by atoms with Crippen molar-refractivity contribution in [2.45, 2.75) is 31.1 Å². The standard InChI is InChI=1S/C18H15F3N4O2S/c1-8(11-6-22-17(28-11)27-7-18(19,20)21)23-16(26)13-12-14(13)25-10-5-3-2-4-9(10)24-15(12)25/h2-6,8,12-14H,7H2,1H3,(H,23,26)/t8-,12?,13?,14?/m1/s1. The number of hydrogen-bond donors (Lipinski definition) is 1. The fraction of sp³-hybridized carbons (Fsp3) is 0.389. The third-order valence-electron chi connectivity index (χ3n) is 5.15. The SMILES string of the molecule is C[C@@H](NC(=O)C1C2c3nc4ccccc4n3C12)c1cnc(OCC(F)(F)F)s1.